The molecule has 2 aromatic rings. The number of hydrogen-bond donors (Lipinski definition) is 2. The molecule has 0 saturated heterocycles. The van der Waals surface area contributed by atoms with Gasteiger partial charge in [0, 0.05) is 17.1 Å². The number of nitrogens with one attached hydrogen (secondary N) is 2. The lowest BCUT2D eigenvalue weighted by molar-refractivity contribution is -0.115. The number of aromatic nitrogens is 3. The molecule has 0 bridgehead atoms. The van der Waals surface area contributed by atoms with Crippen molar-refractivity contribution in [1.82, 2.24) is 15.2 Å². The van der Waals surface area contributed by atoms with Gasteiger partial charge in [-0.05, 0) is 37.6 Å². The maximum atomic E-state index is 12.1. The van der Waals surface area contributed by atoms with Crippen LogP contribution in [0, 0.1) is 0 Å². The maximum Gasteiger partial charge on any atom is 0.237 e. The number of H-pyrrole nitrogens is 1. The number of thioether (sulfide) groups is 1. The van der Waals surface area contributed by atoms with Crippen LogP contribution in [0.5, 0.6) is 0 Å². The molecule has 1 aromatic heterocycles. The van der Waals surface area contributed by atoms with Gasteiger partial charge in [-0.15, -0.1) is 5.10 Å². The molecule has 22 heavy (non-hydrogen) atoms. The van der Waals surface area contributed by atoms with Gasteiger partial charge in [0.15, 0.2) is 0 Å². The molecule has 2 rings (SSSR count). The second kappa shape index (κ2) is 8.19. The van der Waals surface area contributed by atoms with Crippen molar-refractivity contribution in [2.75, 3.05) is 5.32 Å². The highest BCUT2D eigenvalue weighted by Crippen LogP contribution is 2.21. The Hall–Kier alpha value is -1.53. The molecule has 1 heterocycles. The van der Waals surface area contributed by atoms with Crippen molar-refractivity contribution in [3.63, 3.8) is 0 Å². The number of carbonyl (C=O) groups excluding carboxylic acids is 1. The van der Waals surface area contributed by atoms with Crippen LogP contribution in [-0.4, -0.2) is 26.3 Å². The van der Waals surface area contributed by atoms with Gasteiger partial charge in [0.2, 0.25) is 11.1 Å². The van der Waals surface area contributed by atoms with E-state index in [9.17, 15) is 4.79 Å². The van der Waals surface area contributed by atoms with Crippen molar-refractivity contribution < 1.29 is 4.79 Å². The minimum absolute atomic E-state index is 0.0905. The highest BCUT2D eigenvalue weighted by molar-refractivity contribution is 8.00. The molecule has 118 valence electrons. The normalized spacial score (nSPS) is 12.1. The molecule has 0 saturated carbocycles. The summed E-state index contributed by atoms with van der Waals surface area (Å²) in [7, 11) is 0. The molecule has 2 N–H and O–H groups in total. The molecule has 1 amide bonds. The molecule has 0 fully saturated rings. The van der Waals surface area contributed by atoms with E-state index < -0.39 is 0 Å². The molecule has 1 atom stereocenters. The lowest BCUT2D eigenvalue weighted by Gasteiger charge is -2.10. The molecular weight excluding hydrogens is 320 g/mol. The number of hydrogen-bond acceptors (Lipinski definition) is 4. The zero-order valence-electron chi connectivity index (χ0n) is 12.6. The van der Waals surface area contributed by atoms with Gasteiger partial charge >= 0.3 is 0 Å². The van der Waals surface area contributed by atoms with E-state index in [0.717, 1.165) is 30.8 Å². The van der Waals surface area contributed by atoms with E-state index in [1.54, 1.807) is 24.3 Å². The molecule has 0 aliphatic rings. The third kappa shape index (κ3) is 5.03. The van der Waals surface area contributed by atoms with E-state index in [0.29, 0.717) is 10.2 Å². The topological polar surface area (TPSA) is 70.7 Å². The summed E-state index contributed by atoms with van der Waals surface area (Å²) in [4.78, 5) is 16.5. The quantitative estimate of drug-likeness (QED) is 0.751. The second-order valence-electron chi connectivity index (χ2n) is 4.92. The molecule has 1 aromatic carbocycles. The number of amides is 1. The number of nitrogens with zero attached hydrogens (tertiary/aromatic N) is 2. The Morgan fingerprint density at radius 1 is 1.41 bits per heavy atom. The SMILES string of the molecule is CCCCc1nc(S[C@@H](C)C(=O)Nc2ccc(Cl)cc2)n[nH]1. The third-order valence-electron chi connectivity index (χ3n) is 3.04. The van der Waals surface area contributed by atoms with Crippen LogP contribution >= 0.6 is 23.4 Å². The summed E-state index contributed by atoms with van der Waals surface area (Å²) >= 11 is 7.16. The van der Waals surface area contributed by atoms with E-state index in [1.165, 1.54) is 11.8 Å². The summed E-state index contributed by atoms with van der Waals surface area (Å²) in [5.41, 5.74) is 0.723. The predicted molar refractivity (Wildman–Crippen MR) is 90.4 cm³/mol. The van der Waals surface area contributed by atoms with Gasteiger partial charge in [-0.2, -0.15) is 0 Å². The van der Waals surface area contributed by atoms with E-state index >= 15 is 0 Å². The van der Waals surface area contributed by atoms with E-state index in [2.05, 4.69) is 27.4 Å². The van der Waals surface area contributed by atoms with Gasteiger partial charge in [0.05, 0.1) is 5.25 Å². The monoisotopic (exact) mass is 338 g/mol. The Morgan fingerprint density at radius 2 is 2.14 bits per heavy atom. The number of benzene rings is 1. The zero-order chi connectivity index (χ0) is 15.9. The van der Waals surface area contributed by atoms with Crippen molar-refractivity contribution in [1.29, 1.82) is 0 Å². The Morgan fingerprint density at radius 3 is 2.82 bits per heavy atom. The number of aromatic amines is 1. The average Bonchev–Trinajstić information content (AvgIpc) is 2.95. The van der Waals surface area contributed by atoms with Crippen LogP contribution in [0.25, 0.3) is 0 Å². The number of rotatable bonds is 7. The molecule has 7 heteroatoms. The van der Waals surface area contributed by atoms with Crippen LogP contribution in [0.15, 0.2) is 29.4 Å². The summed E-state index contributed by atoms with van der Waals surface area (Å²) in [5, 5.41) is 10.9. The van der Waals surface area contributed by atoms with E-state index in [1.807, 2.05) is 6.92 Å². The minimum atomic E-state index is -0.287. The Bertz CT molecular complexity index is 614. The van der Waals surface area contributed by atoms with Gasteiger partial charge in [-0.3, -0.25) is 9.89 Å². The standard InChI is InChI=1S/C15H19ClN4OS/c1-3-4-5-13-18-15(20-19-13)22-10(2)14(21)17-12-8-6-11(16)7-9-12/h6-10H,3-5H2,1-2H3,(H,17,21)(H,18,19,20)/t10-/m0/s1. The smallest absolute Gasteiger partial charge is 0.237 e. The first kappa shape index (κ1) is 16.8. The summed E-state index contributed by atoms with van der Waals surface area (Å²) in [6.45, 7) is 3.97. The van der Waals surface area contributed by atoms with Crippen LogP contribution in [-0.2, 0) is 11.2 Å². The van der Waals surface area contributed by atoms with E-state index in [-0.39, 0.29) is 11.2 Å². The first-order valence-electron chi connectivity index (χ1n) is 7.23. The fourth-order valence-electron chi connectivity index (χ4n) is 1.78. The van der Waals surface area contributed by atoms with Crippen LogP contribution in [0.4, 0.5) is 5.69 Å². The lowest BCUT2D eigenvalue weighted by Crippen LogP contribution is -2.22. The average molecular weight is 339 g/mol. The van der Waals surface area contributed by atoms with Crippen LogP contribution in [0.2, 0.25) is 5.02 Å². The fraction of sp³-hybridized carbons (Fsp3) is 0.400. The first-order chi connectivity index (χ1) is 10.6. The maximum absolute atomic E-state index is 12.1. The Labute approximate surface area is 139 Å². The number of halogens is 1. The van der Waals surface area contributed by atoms with Gasteiger partial charge in [0.1, 0.15) is 5.82 Å². The highest BCUT2D eigenvalue weighted by Gasteiger charge is 2.17. The number of anilines is 1. The summed E-state index contributed by atoms with van der Waals surface area (Å²) in [5.74, 6) is 0.780. The van der Waals surface area contributed by atoms with Crippen molar-refractivity contribution in [2.24, 2.45) is 0 Å². The molecule has 0 unspecified atom stereocenters. The summed E-state index contributed by atoms with van der Waals surface area (Å²) in [6, 6.07) is 7.02. The summed E-state index contributed by atoms with van der Waals surface area (Å²) in [6.07, 6.45) is 3.07. The van der Waals surface area contributed by atoms with Crippen molar-refractivity contribution in [2.45, 2.75) is 43.5 Å². The van der Waals surface area contributed by atoms with Crippen molar-refractivity contribution in [3.05, 3.63) is 35.1 Å². The second-order valence-corrected chi connectivity index (χ2v) is 6.67. The molecule has 0 spiro atoms. The van der Waals surface area contributed by atoms with Crippen LogP contribution in [0.3, 0.4) is 0 Å². The lowest BCUT2D eigenvalue weighted by atomic mass is 10.2. The minimum Gasteiger partial charge on any atom is -0.325 e. The first-order valence-corrected chi connectivity index (χ1v) is 8.48. The van der Waals surface area contributed by atoms with Crippen molar-refractivity contribution in [3.8, 4) is 0 Å². The Balaban J connectivity index is 1.87. The number of unbranched alkanes of at least 4 members (excludes halogenated alkanes) is 1. The van der Waals surface area contributed by atoms with Crippen LogP contribution < -0.4 is 5.32 Å². The zero-order valence-corrected chi connectivity index (χ0v) is 14.2. The molecular formula is C15H19ClN4OS. The Kier molecular flexibility index (Phi) is 6.27. The summed E-state index contributed by atoms with van der Waals surface area (Å²) < 4.78 is 0. The van der Waals surface area contributed by atoms with E-state index in [4.69, 9.17) is 11.6 Å². The molecule has 5 nitrogen and oxygen atoms in total. The van der Waals surface area contributed by atoms with Crippen LogP contribution in [0.1, 0.15) is 32.5 Å². The molecule has 0 aliphatic carbocycles. The predicted octanol–water partition coefficient (Wildman–Crippen LogP) is 3.92. The van der Waals surface area contributed by atoms with Gasteiger partial charge in [-0.25, -0.2) is 4.98 Å². The van der Waals surface area contributed by atoms with Gasteiger partial charge in [-0.1, -0.05) is 36.7 Å². The van der Waals surface area contributed by atoms with Gasteiger partial charge < -0.3 is 5.32 Å². The number of aryl methyl sites for hydroxylation is 1. The molecule has 0 aliphatic heterocycles. The van der Waals surface area contributed by atoms with Crippen molar-refractivity contribution >= 4 is 35.0 Å². The number of carbonyl (C=O) groups is 1. The van der Waals surface area contributed by atoms with Gasteiger partial charge in [0.25, 0.3) is 0 Å². The molecule has 0 radical (unpaired) electrons. The fourth-order valence-corrected chi connectivity index (χ4v) is 2.64. The highest BCUT2D eigenvalue weighted by atomic mass is 35.5. The third-order valence-corrected chi connectivity index (χ3v) is 4.25. The largest absolute Gasteiger partial charge is 0.325 e.